The van der Waals surface area contributed by atoms with Gasteiger partial charge in [0.2, 0.25) is 0 Å². The van der Waals surface area contributed by atoms with Gasteiger partial charge < -0.3 is 9.88 Å². The van der Waals surface area contributed by atoms with Gasteiger partial charge in [0.05, 0.1) is 13.4 Å². The molecule has 0 unspecified atom stereocenters. The second kappa shape index (κ2) is 4.73. The number of anilines is 1. The van der Waals surface area contributed by atoms with Crippen molar-refractivity contribution < 1.29 is 4.79 Å². The Kier molecular flexibility index (Phi) is 3.13. The molecule has 1 amide bonds. The third-order valence-electron chi connectivity index (χ3n) is 2.50. The molecule has 16 heavy (non-hydrogen) atoms. The van der Waals surface area contributed by atoms with Crippen LogP contribution in [0.3, 0.4) is 0 Å². The Morgan fingerprint density at radius 3 is 3.00 bits per heavy atom. The molecule has 86 valence electrons. The Morgan fingerprint density at radius 2 is 2.31 bits per heavy atom. The molecule has 2 heterocycles. The zero-order valence-corrected chi connectivity index (χ0v) is 9.10. The summed E-state index contributed by atoms with van der Waals surface area (Å²) in [7, 11) is 1.54. The van der Waals surface area contributed by atoms with Gasteiger partial charge in [-0.15, -0.1) is 0 Å². The van der Waals surface area contributed by atoms with Crippen LogP contribution in [0.4, 0.5) is 5.82 Å². The minimum absolute atomic E-state index is 0.0381. The fraction of sp³-hybridized carbons (Fsp3) is 0.556. The highest BCUT2D eigenvalue weighted by molar-refractivity contribution is 5.96. The molecule has 0 aliphatic carbocycles. The number of rotatable bonds is 3. The third kappa shape index (κ3) is 2.02. The average molecular weight is 222 g/mol. The molecule has 1 aliphatic rings. The van der Waals surface area contributed by atoms with Crippen molar-refractivity contribution in [2.45, 2.75) is 12.8 Å². The summed E-state index contributed by atoms with van der Waals surface area (Å²) >= 11 is 0. The van der Waals surface area contributed by atoms with Crippen molar-refractivity contribution in [3.63, 3.8) is 0 Å². The van der Waals surface area contributed by atoms with Crippen LogP contribution in [-0.2, 0) is 0 Å². The first-order valence-electron chi connectivity index (χ1n) is 5.20. The lowest BCUT2D eigenvalue weighted by molar-refractivity contribution is 0.0788. The van der Waals surface area contributed by atoms with E-state index in [0.717, 1.165) is 25.9 Å². The predicted molar refractivity (Wildman–Crippen MR) is 58.1 cm³/mol. The third-order valence-corrected chi connectivity index (χ3v) is 2.50. The average Bonchev–Trinajstić information content (AvgIpc) is 2.96. The summed E-state index contributed by atoms with van der Waals surface area (Å²) in [5, 5.41) is 7.15. The molecule has 1 fully saturated rings. The van der Waals surface area contributed by atoms with E-state index >= 15 is 0 Å². The zero-order valence-electron chi connectivity index (χ0n) is 9.10. The number of H-pyrrole nitrogens is 1. The Labute approximate surface area is 92.9 Å². The molecule has 0 spiro atoms. The van der Waals surface area contributed by atoms with Crippen molar-refractivity contribution in [1.29, 1.82) is 0 Å². The molecule has 0 saturated carbocycles. The van der Waals surface area contributed by atoms with Crippen molar-refractivity contribution >= 4 is 11.7 Å². The van der Waals surface area contributed by atoms with E-state index in [1.807, 2.05) is 4.90 Å². The highest BCUT2D eigenvalue weighted by atomic mass is 16.2. The minimum atomic E-state index is -0.0381. The first-order valence-corrected chi connectivity index (χ1v) is 5.20. The molecule has 2 rings (SSSR count). The number of nitrogens with zero attached hydrogens (tertiary/aromatic N) is 4. The topological polar surface area (TPSA) is 85.7 Å². The van der Waals surface area contributed by atoms with Gasteiger partial charge in [0.25, 0.3) is 5.91 Å². The zero-order chi connectivity index (χ0) is 11.4. The Hall–Kier alpha value is -1.92. The van der Waals surface area contributed by atoms with Crippen LogP contribution in [0, 0.1) is 0 Å². The first kappa shape index (κ1) is 10.6. The molecule has 1 aromatic heterocycles. The van der Waals surface area contributed by atoms with Crippen molar-refractivity contribution in [1.82, 2.24) is 14.9 Å². The van der Waals surface area contributed by atoms with Crippen LogP contribution in [-0.4, -0.2) is 40.9 Å². The first-order chi connectivity index (χ1) is 7.83. The monoisotopic (exact) mass is 222 g/mol. The highest BCUT2D eigenvalue weighted by Crippen LogP contribution is 2.16. The molecule has 1 aliphatic heterocycles. The van der Waals surface area contributed by atoms with E-state index in [-0.39, 0.29) is 5.91 Å². The van der Waals surface area contributed by atoms with E-state index in [1.165, 1.54) is 6.33 Å². The number of hydrogen-bond donors (Lipinski definition) is 2. The summed E-state index contributed by atoms with van der Waals surface area (Å²) in [6.45, 7) is 1.62. The second-order valence-electron chi connectivity index (χ2n) is 3.54. The summed E-state index contributed by atoms with van der Waals surface area (Å²) in [5.74, 6) is 0.381. The van der Waals surface area contributed by atoms with Gasteiger partial charge in [0.1, 0.15) is 0 Å². The molecule has 7 nitrogen and oxygen atoms in total. The van der Waals surface area contributed by atoms with Gasteiger partial charge in [-0.1, -0.05) is 5.22 Å². The predicted octanol–water partition coefficient (Wildman–Crippen LogP) is 1.05. The maximum absolute atomic E-state index is 12.0. The highest BCUT2D eigenvalue weighted by Gasteiger charge is 2.23. The number of hydrogen-bond acceptors (Lipinski definition) is 4. The summed E-state index contributed by atoms with van der Waals surface area (Å²) in [6, 6.07) is 0. The van der Waals surface area contributed by atoms with Gasteiger partial charge in [-0.25, -0.2) is 10.4 Å². The molecule has 7 heteroatoms. The van der Waals surface area contributed by atoms with Crippen LogP contribution in [0.2, 0.25) is 0 Å². The number of nitrogens with one attached hydrogen (secondary N) is 2. The molecule has 1 saturated heterocycles. The largest absolute Gasteiger partial charge is 0.339 e. The molecular weight excluding hydrogens is 208 g/mol. The number of amides is 1. The van der Waals surface area contributed by atoms with Gasteiger partial charge in [0, 0.05) is 13.1 Å². The number of likely N-dealkylation sites (tertiary alicyclic amines) is 1. The number of aromatic amines is 1. The Bertz CT molecular complexity index is 392. The van der Waals surface area contributed by atoms with E-state index in [1.54, 1.807) is 7.05 Å². The summed E-state index contributed by atoms with van der Waals surface area (Å²) in [4.78, 5) is 20.6. The summed E-state index contributed by atoms with van der Waals surface area (Å²) in [6.07, 6.45) is 3.60. The minimum Gasteiger partial charge on any atom is -0.339 e. The fourth-order valence-corrected chi connectivity index (χ4v) is 1.72. The maximum Gasteiger partial charge on any atom is 0.274 e. The standard InChI is InChI=1S/C9H14N6O/c1-10-14-13-8-7(11-6-12-8)9(16)15-4-2-3-5-15/h6H,2-5H2,1H3,(H,10,13)(H,11,12). The van der Waals surface area contributed by atoms with E-state index in [9.17, 15) is 4.79 Å². The lowest BCUT2D eigenvalue weighted by Gasteiger charge is -2.14. The number of carbonyl (C=O) groups is 1. The maximum atomic E-state index is 12.0. The molecular formula is C9H14N6O. The van der Waals surface area contributed by atoms with E-state index < -0.39 is 0 Å². The molecule has 0 atom stereocenters. The molecule has 2 N–H and O–H groups in total. The van der Waals surface area contributed by atoms with Gasteiger partial charge in [-0.3, -0.25) is 4.79 Å². The number of imidazole rings is 1. The van der Waals surface area contributed by atoms with Gasteiger partial charge >= 0.3 is 0 Å². The second-order valence-corrected chi connectivity index (χ2v) is 3.54. The summed E-state index contributed by atoms with van der Waals surface area (Å²) < 4.78 is 0. The van der Waals surface area contributed by atoms with Crippen LogP contribution >= 0.6 is 0 Å². The Morgan fingerprint density at radius 1 is 1.56 bits per heavy atom. The van der Waals surface area contributed by atoms with Crippen molar-refractivity contribution in [2.75, 3.05) is 25.6 Å². The van der Waals surface area contributed by atoms with Crippen LogP contribution in [0.5, 0.6) is 0 Å². The normalized spacial score (nSPS) is 15.9. The number of aromatic nitrogens is 2. The smallest absolute Gasteiger partial charge is 0.274 e. The number of carbonyl (C=O) groups excluding carboxylic acids is 1. The van der Waals surface area contributed by atoms with Crippen LogP contribution in [0.1, 0.15) is 23.3 Å². The van der Waals surface area contributed by atoms with E-state index in [2.05, 4.69) is 25.7 Å². The van der Waals surface area contributed by atoms with E-state index in [0.29, 0.717) is 11.5 Å². The van der Waals surface area contributed by atoms with Crippen LogP contribution < -0.4 is 5.43 Å². The van der Waals surface area contributed by atoms with Gasteiger partial charge in [0.15, 0.2) is 11.5 Å². The molecule has 1 aromatic rings. The van der Waals surface area contributed by atoms with Crippen molar-refractivity contribution in [3.8, 4) is 0 Å². The van der Waals surface area contributed by atoms with Crippen molar-refractivity contribution in [2.24, 2.45) is 10.3 Å². The van der Waals surface area contributed by atoms with Gasteiger partial charge in [-0.05, 0) is 12.8 Å². The van der Waals surface area contributed by atoms with Crippen molar-refractivity contribution in [3.05, 3.63) is 12.0 Å². The van der Waals surface area contributed by atoms with E-state index in [4.69, 9.17) is 0 Å². The quantitative estimate of drug-likeness (QED) is 0.592. The van der Waals surface area contributed by atoms with Crippen LogP contribution in [0.25, 0.3) is 0 Å². The lowest BCUT2D eigenvalue weighted by atomic mass is 10.4. The fourth-order valence-electron chi connectivity index (χ4n) is 1.72. The summed E-state index contributed by atoms with van der Waals surface area (Å²) in [5.41, 5.74) is 3.05. The van der Waals surface area contributed by atoms with Crippen LogP contribution in [0.15, 0.2) is 16.7 Å². The van der Waals surface area contributed by atoms with Gasteiger partial charge in [-0.2, -0.15) is 5.11 Å². The molecule has 0 aromatic carbocycles. The Balaban J connectivity index is 2.12. The molecule has 0 radical (unpaired) electrons. The SMILES string of the molecule is CN=NNc1nc[nH]c1C(=O)N1CCCC1. The molecule has 0 bridgehead atoms. The lowest BCUT2D eigenvalue weighted by Crippen LogP contribution is -2.28.